The number of allylic oxidation sites excluding steroid dienone is 1. The van der Waals surface area contributed by atoms with Crippen LogP contribution in [0.2, 0.25) is 0 Å². The van der Waals surface area contributed by atoms with Crippen LogP contribution < -0.4 is 5.32 Å². The summed E-state index contributed by atoms with van der Waals surface area (Å²) in [6.07, 6.45) is -11.4. The molecule has 18 heteroatoms. The van der Waals surface area contributed by atoms with Crippen LogP contribution in [0.15, 0.2) is 71.8 Å². The van der Waals surface area contributed by atoms with Crippen molar-refractivity contribution < 1.29 is 75.9 Å². The van der Waals surface area contributed by atoms with Crippen LogP contribution in [-0.4, -0.2) is 126 Å². The first-order valence-electron chi connectivity index (χ1n) is 24.6. The quantitative estimate of drug-likeness (QED) is 0.0562. The van der Waals surface area contributed by atoms with Crippen LogP contribution >= 0.6 is 0 Å². The summed E-state index contributed by atoms with van der Waals surface area (Å²) in [5, 5.41) is 41.6. The third kappa shape index (κ3) is 11.0. The molecule has 0 spiro atoms. The fourth-order valence-electron chi connectivity index (χ4n) is 11.3. The van der Waals surface area contributed by atoms with Crippen LogP contribution in [0.4, 0.5) is 4.79 Å². The summed E-state index contributed by atoms with van der Waals surface area (Å²) < 4.78 is 50.6. The fourth-order valence-corrected chi connectivity index (χ4v) is 13.9. The summed E-state index contributed by atoms with van der Waals surface area (Å²) >= 11 is 0. The van der Waals surface area contributed by atoms with E-state index in [0.717, 1.165) is 0 Å². The lowest BCUT2D eigenvalue weighted by atomic mass is 9.44. The molecule has 71 heavy (non-hydrogen) atoms. The summed E-state index contributed by atoms with van der Waals surface area (Å²) in [7, 11) is -4.40. The molecule has 1 aliphatic heterocycles. The number of amides is 1. The van der Waals surface area contributed by atoms with Crippen LogP contribution in [0.1, 0.15) is 138 Å². The highest BCUT2D eigenvalue weighted by Crippen LogP contribution is 2.65. The number of fused-ring (bicyclic) bond motifs is 5. The minimum absolute atomic E-state index is 0.0531. The number of rotatable bonds is 17. The number of esters is 2. The Morgan fingerprint density at radius 1 is 0.859 bits per heavy atom. The minimum Gasteiger partial charge on any atom is -0.455 e. The van der Waals surface area contributed by atoms with Gasteiger partial charge in [-0.1, -0.05) is 68.0 Å². The number of hydrogen-bond acceptors (Lipinski definition) is 16. The van der Waals surface area contributed by atoms with Crippen molar-refractivity contribution in [2.75, 3.05) is 6.61 Å². The van der Waals surface area contributed by atoms with Crippen LogP contribution in [-0.2, 0) is 51.0 Å². The Labute approximate surface area is 418 Å². The standard InChI is InChI=1S/C53H75NO16Si/c1-29(2)67-71(68-30(3)4,69-31(5)6)70-43(41(34-21-17-15-18-22-34)54-48(61)66-49(9,10)11)37(56)25-36-27-53(62)46(64-47(60)35-23-19-16-20-24-35)44-51(14,45(59)42(58)40(32(36)7)50(53,12)13)38(57)26-39-52(44,28-63-39)65-33(8)55/h15-24,29-31,36,38-39,41-44,46,57-58,62H,25-28H2,1-14H3,(H,54,61)/t36-,38-,39+,41-,42+,43-,44-,46-,51+,52-,53+/m0/s1. The molecule has 4 N–H and O–H groups in total. The normalized spacial score (nSPS) is 30.3. The average Bonchev–Trinajstić information content (AvgIpc) is 3.25. The topological polar surface area (TPSA) is 232 Å². The molecular weight excluding hydrogens is 935 g/mol. The van der Waals surface area contributed by atoms with Gasteiger partial charge >= 0.3 is 27.1 Å². The monoisotopic (exact) mass is 1010 g/mol. The Kier molecular flexibility index (Phi) is 16.4. The first kappa shape index (κ1) is 55.9. The summed E-state index contributed by atoms with van der Waals surface area (Å²) in [6.45, 7) is 22.9. The molecule has 1 amide bonds. The Morgan fingerprint density at radius 3 is 1.90 bits per heavy atom. The molecule has 2 aromatic rings. The molecule has 3 fully saturated rings. The third-order valence-electron chi connectivity index (χ3n) is 14.4. The van der Waals surface area contributed by atoms with Gasteiger partial charge in [0.1, 0.15) is 35.6 Å². The largest absolute Gasteiger partial charge is 0.681 e. The van der Waals surface area contributed by atoms with E-state index >= 15 is 9.59 Å². The zero-order chi connectivity index (χ0) is 52.8. The van der Waals surface area contributed by atoms with Gasteiger partial charge in [-0.15, -0.1) is 0 Å². The number of benzene rings is 2. The van der Waals surface area contributed by atoms with Crippen LogP contribution in [0.25, 0.3) is 0 Å². The van der Waals surface area contributed by atoms with Crippen molar-refractivity contribution in [3.05, 3.63) is 82.9 Å². The van der Waals surface area contributed by atoms with Gasteiger partial charge in [0.05, 0.1) is 35.6 Å². The second-order valence-corrected chi connectivity index (χ2v) is 24.1. The van der Waals surface area contributed by atoms with Crippen LogP contribution in [0.3, 0.4) is 0 Å². The van der Waals surface area contributed by atoms with Crippen molar-refractivity contribution in [3.63, 3.8) is 0 Å². The average molecular weight is 1010 g/mol. The second kappa shape index (κ2) is 20.9. The lowest BCUT2D eigenvalue weighted by molar-refractivity contribution is -0.345. The number of Topliss-reactive ketones (excluding diaryl/α,β-unsaturated/α-hetero) is 2. The number of ketones is 2. The summed E-state index contributed by atoms with van der Waals surface area (Å²) in [5.41, 5.74) is -7.61. The second-order valence-electron chi connectivity index (χ2n) is 22.1. The number of carbonyl (C=O) groups excluding carboxylic acids is 5. The van der Waals surface area contributed by atoms with Gasteiger partial charge in [0.2, 0.25) is 0 Å². The molecule has 2 bridgehead atoms. The van der Waals surface area contributed by atoms with Gasteiger partial charge in [0, 0.05) is 43.5 Å². The van der Waals surface area contributed by atoms with Gasteiger partial charge < -0.3 is 57.3 Å². The predicted octanol–water partition coefficient (Wildman–Crippen LogP) is 6.66. The molecule has 2 saturated carbocycles. The molecule has 4 aliphatic rings. The Morgan fingerprint density at radius 2 is 1.41 bits per heavy atom. The molecule has 392 valence electrons. The zero-order valence-electron chi connectivity index (χ0n) is 43.6. The zero-order valence-corrected chi connectivity index (χ0v) is 44.6. The van der Waals surface area contributed by atoms with Crippen molar-refractivity contribution in [1.29, 1.82) is 0 Å². The van der Waals surface area contributed by atoms with Gasteiger partial charge in [-0.05, 0) is 112 Å². The maximum atomic E-state index is 15.8. The van der Waals surface area contributed by atoms with Crippen LogP contribution in [0.5, 0.6) is 0 Å². The summed E-state index contributed by atoms with van der Waals surface area (Å²) in [5.74, 6) is -5.68. The Bertz CT molecular complexity index is 2290. The first-order chi connectivity index (χ1) is 32.9. The molecule has 1 heterocycles. The van der Waals surface area contributed by atoms with Crippen LogP contribution in [0, 0.1) is 22.7 Å². The lowest BCUT2D eigenvalue weighted by Crippen LogP contribution is -2.81. The van der Waals surface area contributed by atoms with Gasteiger partial charge in [-0.3, -0.25) is 14.4 Å². The minimum atomic E-state index is -4.40. The lowest BCUT2D eigenvalue weighted by Gasteiger charge is -2.67. The highest BCUT2D eigenvalue weighted by Gasteiger charge is 2.78. The molecule has 0 unspecified atom stereocenters. The highest BCUT2D eigenvalue weighted by molar-refractivity contribution is 6.54. The molecule has 11 atom stereocenters. The fraction of sp³-hybridized carbons (Fsp3) is 0.642. The number of nitrogens with one attached hydrogen (secondary N) is 1. The van der Waals surface area contributed by atoms with Gasteiger partial charge in [0.15, 0.2) is 17.2 Å². The van der Waals surface area contributed by atoms with E-state index in [1.807, 2.05) is 0 Å². The van der Waals surface area contributed by atoms with Crippen molar-refractivity contribution in [2.24, 2.45) is 22.7 Å². The van der Waals surface area contributed by atoms with E-state index in [1.165, 1.54) is 26.0 Å². The van der Waals surface area contributed by atoms with E-state index in [1.54, 1.807) is 132 Å². The first-order valence-corrected chi connectivity index (χ1v) is 26.3. The number of hydrogen-bond donors (Lipinski definition) is 4. The van der Waals surface area contributed by atoms with E-state index in [9.17, 15) is 29.7 Å². The SMILES string of the molecule is CC(=O)O[C@@]12CO[C@@H]1C[C@H](O)[C@@]1(C)C(=O)[C@H](O)C3=C(C)[C@@H](CC(=O)[C@H](O[Si](OC(C)C)(OC(C)C)OC(C)C)[C@@H](NC(=O)OC(C)(C)C)c4ccccc4)C[C@@](O)([C@@H](OC(=O)c4ccccc4)[C@H]21)C3(C)C. The third-order valence-corrected chi connectivity index (χ3v) is 17.2. The van der Waals surface area contributed by atoms with Gasteiger partial charge in [-0.2, -0.15) is 0 Å². The highest BCUT2D eigenvalue weighted by atomic mass is 28.4. The van der Waals surface area contributed by atoms with E-state index < -0.39 is 139 Å². The Balaban J connectivity index is 1.58. The Hall–Kier alpha value is -4.37. The van der Waals surface area contributed by atoms with Crippen molar-refractivity contribution >= 4 is 38.6 Å². The molecule has 17 nitrogen and oxygen atoms in total. The molecule has 2 aromatic carbocycles. The number of ether oxygens (including phenoxy) is 4. The van der Waals surface area contributed by atoms with Crippen molar-refractivity contribution in [1.82, 2.24) is 5.32 Å². The summed E-state index contributed by atoms with van der Waals surface area (Å²) in [6, 6.07) is 15.4. The smallest absolute Gasteiger partial charge is 0.455 e. The molecule has 0 aromatic heterocycles. The molecule has 1 saturated heterocycles. The van der Waals surface area contributed by atoms with E-state index in [-0.39, 0.29) is 30.6 Å². The van der Waals surface area contributed by atoms with Gasteiger partial charge in [0.25, 0.3) is 0 Å². The van der Waals surface area contributed by atoms with Crippen molar-refractivity contribution in [2.45, 2.75) is 188 Å². The molecular formula is C53H75NO16Si. The molecule has 0 radical (unpaired) electrons. The maximum Gasteiger partial charge on any atom is 0.681 e. The van der Waals surface area contributed by atoms with Gasteiger partial charge in [-0.25, -0.2) is 9.59 Å². The summed E-state index contributed by atoms with van der Waals surface area (Å²) in [4.78, 5) is 72.7. The predicted molar refractivity (Wildman–Crippen MR) is 260 cm³/mol. The number of carbonyl (C=O) groups is 5. The van der Waals surface area contributed by atoms with Crippen molar-refractivity contribution in [3.8, 4) is 0 Å². The van der Waals surface area contributed by atoms with E-state index in [2.05, 4.69) is 5.32 Å². The maximum absolute atomic E-state index is 15.8. The molecule has 3 aliphatic carbocycles. The van der Waals surface area contributed by atoms with E-state index in [0.29, 0.717) is 11.1 Å². The number of alkyl carbamates (subject to hydrolysis) is 1. The number of aliphatic hydroxyl groups excluding tert-OH is 2. The molecule has 6 rings (SSSR count). The van der Waals surface area contributed by atoms with E-state index in [4.69, 9.17) is 36.7 Å². The number of aliphatic hydroxyl groups is 3.